The van der Waals surface area contributed by atoms with Crippen LogP contribution in [0, 0.1) is 0 Å². The topological polar surface area (TPSA) is 47.6 Å². The Balaban J connectivity index is 1.72. The van der Waals surface area contributed by atoms with Gasteiger partial charge in [-0.3, -0.25) is 9.88 Å². The molecular weight excluding hydrogens is 561 g/mol. The highest BCUT2D eigenvalue weighted by Gasteiger charge is 2.58. The molecule has 0 spiro atoms. The minimum Gasteiger partial charge on any atom is -0.307 e. The van der Waals surface area contributed by atoms with E-state index in [0.29, 0.717) is 13.2 Å². The molecule has 2 aromatic carbocycles. The molecule has 0 bridgehead atoms. The van der Waals surface area contributed by atoms with Crippen molar-refractivity contribution >= 4 is 7.60 Å². The zero-order valence-corrected chi connectivity index (χ0v) is 29.4. The zero-order chi connectivity index (χ0) is 31.4. The Morgan fingerprint density at radius 2 is 0.886 bits per heavy atom. The summed E-state index contributed by atoms with van der Waals surface area (Å²) in [7, 11) is -3.66. The van der Waals surface area contributed by atoms with Gasteiger partial charge in [0.05, 0.1) is 13.2 Å². The van der Waals surface area contributed by atoms with Gasteiger partial charge in [-0.1, -0.05) is 178 Å². The minimum atomic E-state index is -3.66. The van der Waals surface area contributed by atoms with Crippen molar-refractivity contribution in [3.05, 3.63) is 59.7 Å². The SMILES string of the molecule is CCCCCCCCCCCOP(=O)(OCCCCCCCCCCC)C1(NCCCC)c2ccccc2-c2ccccc21. The highest BCUT2D eigenvalue weighted by atomic mass is 31.2. The highest BCUT2D eigenvalue weighted by Crippen LogP contribution is 2.71. The van der Waals surface area contributed by atoms with E-state index in [1.807, 2.05) is 0 Å². The van der Waals surface area contributed by atoms with Crippen LogP contribution in [0.4, 0.5) is 0 Å². The molecule has 1 aliphatic rings. The van der Waals surface area contributed by atoms with Crippen molar-refractivity contribution in [2.45, 2.75) is 154 Å². The van der Waals surface area contributed by atoms with Gasteiger partial charge in [0.25, 0.3) is 0 Å². The van der Waals surface area contributed by atoms with Gasteiger partial charge in [-0.05, 0) is 48.1 Å². The van der Waals surface area contributed by atoms with E-state index < -0.39 is 12.9 Å². The Hall–Kier alpha value is -1.45. The summed E-state index contributed by atoms with van der Waals surface area (Å²) in [5.41, 5.74) is 4.32. The molecule has 0 heterocycles. The summed E-state index contributed by atoms with van der Waals surface area (Å²) in [6.07, 6.45) is 24.4. The van der Waals surface area contributed by atoms with Crippen molar-refractivity contribution in [3.63, 3.8) is 0 Å². The second-order valence-corrected chi connectivity index (χ2v) is 15.1. The molecule has 0 amide bonds. The molecule has 44 heavy (non-hydrogen) atoms. The van der Waals surface area contributed by atoms with Crippen LogP contribution in [0.2, 0.25) is 0 Å². The number of unbranched alkanes of at least 4 members (excludes halogenated alkanes) is 17. The maximum absolute atomic E-state index is 15.4. The van der Waals surface area contributed by atoms with Gasteiger partial charge in [-0.25, -0.2) is 0 Å². The molecule has 248 valence electrons. The van der Waals surface area contributed by atoms with Crippen LogP contribution in [0.3, 0.4) is 0 Å². The second-order valence-electron chi connectivity index (χ2n) is 12.9. The van der Waals surface area contributed by atoms with E-state index >= 15 is 4.57 Å². The van der Waals surface area contributed by atoms with Crippen LogP contribution in [-0.4, -0.2) is 19.8 Å². The third-order valence-corrected chi connectivity index (χ3v) is 11.8. The molecular formula is C39H64NO3P. The third-order valence-electron chi connectivity index (χ3n) is 9.26. The fraction of sp³-hybridized carbons (Fsp3) is 0.692. The first-order valence-electron chi connectivity index (χ1n) is 18.5. The predicted molar refractivity (Wildman–Crippen MR) is 190 cm³/mol. The highest BCUT2D eigenvalue weighted by molar-refractivity contribution is 7.55. The number of hydrogen-bond donors (Lipinski definition) is 1. The van der Waals surface area contributed by atoms with Crippen molar-refractivity contribution in [2.24, 2.45) is 0 Å². The normalized spacial score (nSPS) is 13.7. The van der Waals surface area contributed by atoms with Crippen molar-refractivity contribution in [3.8, 4) is 11.1 Å². The Kier molecular flexibility index (Phi) is 18.0. The Bertz CT molecular complexity index is 1010. The summed E-state index contributed by atoms with van der Waals surface area (Å²) in [5.74, 6) is 0. The average Bonchev–Trinajstić information content (AvgIpc) is 3.34. The van der Waals surface area contributed by atoms with E-state index in [0.717, 1.165) is 67.3 Å². The molecule has 5 heteroatoms. The van der Waals surface area contributed by atoms with Gasteiger partial charge < -0.3 is 9.05 Å². The van der Waals surface area contributed by atoms with Gasteiger partial charge in [0, 0.05) is 0 Å². The molecule has 3 rings (SSSR count). The molecule has 0 saturated heterocycles. The van der Waals surface area contributed by atoms with Gasteiger partial charge >= 0.3 is 7.60 Å². The summed E-state index contributed by atoms with van der Waals surface area (Å²) in [6, 6.07) is 16.9. The van der Waals surface area contributed by atoms with E-state index in [-0.39, 0.29) is 0 Å². The van der Waals surface area contributed by atoms with Crippen LogP contribution in [-0.2, 0) is 18.9 Å². The van der Waals surface area contributed by atoms with Gasteiger partial charge in [-0.2, -0.15) is 0 Å². The molecule has 2 aromatic rings. The van der Waals surface area contributed by atoms with Crippen LogP contribution in [0.5, 0.6) is 0 Å². The lowest BCUT2D eigenvalue weighted by Gasteiger charge is -2.39. The van der Waals surface area contributed by atoms with E-state index in [1.54, 1.807) is 0 Å². The Labute approximate surface area is 271 Å². The van der Waals surface area contributed by atoms with Crippen LogP contribution in [0.15, 0.2) is 48.5 Å². The molecule has 0 aromatic heterocycles. The molecule has 0 saturated carbocycles. The van der Waals surface area contributed by atoms with E-state index in [4.69, 9.17) is 9.05 Å². The first kappa shape index (κ1) is 37.0. The van der Waals surface area contributed by atoms with E-state index in [2.05, 4.69) is 74.6 Å². The van der Waals surface area contributed by atoms with Gasteiger partial charge in [-0.15, -0.1) is 0 Å². The summed E-state index contributed by atoms with van der Waals surface area (Å²) in [5, 5.41) is 2.81. The first-order valence-corrected chi connectivity index (χ1v) is 20.0. The van der Waals surface area contributed by atoms with Gasteiger partial charge in [0.15, 0.2) is 5.28 Å². The number of rotatable bonds is 27. The number of benzene rings is 2. The lowest BCUT2D eigenvalue weighted by molar-refractivity contribution is 0.175. The molecule has 0 aliphatic heterocycles. The fourth-order valence-electron chi connectivity index (χ4n) is 6.67. The van der Waals surface area contributed by atoms with Crippen LogP contribution in [0.25, 0.3) is 11.1 Å². The Morgan fingerprint density at radius 3 is 1.30 bits per heavy atom. The van der Waals surface area contributed by atoms with Gasteiger partial charge in [0.2, 0.25) is 0 Å². The van der Waals surface area contributed by atoms with Crippen molar-refractivity contribution < 1.29 is 13.6 Å². The first-order chi connectivity index (χ1) is 21.6. The monoisotopic (exact) mass is 625 g/mol. The minimum absolute atomic E-state index is 0.465. The summed E-state index contributed by atoms with van der Waals surface area (Å²) in [6.45, 7) is 8.42. The van der Waals surface area contributed by atoms with Crippen molar-refractivity contribution in [2.75, 3.05) is 19.8 Å². The van der Waals surface area contributed by atoms with Crippen LogP contribution in [0.1, 0.15) is 160 Å². The van der Waals surface area contributed by atoms with Crippen LogP contribution >= 0.6 is 7.60 Å². The van der Waals surface area contributed by atoms with Crippen molar-refractivity contribution in [1.82, 2.24) is 5.32 Å². The molecule has 0 radical (unpaired) electrons. The smallest absolute Gasteiger partial charge is 0.307 e. The van der Waals surface area contributed by atoms with Crippen LogP contribution < -0.4 is 5.32 Å². The van der Waals surface area contributed by atoms with Gasteiger partial charge in [0.1, 0.15) is 0 Å². The maximum Gasteiger partial charge on any atom is 0.359 e. The Morgan fingerprint density at radius 1 is 0.523 bits per heavy atom. The summed E-state index contributed by atoms with van der Waals surface area (Å²) >= 11 is 0. The molecule has 1 aliphatic carbocycles. The number of hydrogen-bond acceptors (Lipinski definition) is 4. The molecule has 1 N–H and O–H groups in total. The summed E-state index contributed by atoms with van der Waals surface area (Å²) in [4.78, 5) is 0. The standard InChI is InChI=1S/C39H64NO3P/c1-4-7-10-12-14-16-18-20-26-33-42-44(41,43-34-27-21-19-17-15-13-11-8-5-2)39(40-32-9-6-3)37-30-24-22-28-35(37)36-29-23-25-31-38(36)39/h22-25,28-31,40H,4-21,26-27,32-34H2,1-3H3. The lowest BCUT2D eigenvalue weighted by atomic mass is 10.0. The predicted octanol–water partition coefficient (Wildman–Crippen LogP) is 12.5. The molecule has 0 fully saturated rings. The van der Waals surface area contributed by atoms with Crippen molar-refractivity contribution in [1.29, 1.82) is 0 Å². The maximum atomic E-state index is 15.4. The second kappa shape index (κ2) is 21.4. The largest absolute Gasteiger partial charge is 0.359 e. The fourth-order valence-corrected chi connectivity index (χ4v) is 9.15. The summed E-state index contributed by atoms with van der Waals surface area (Å²) < 4.78 is 28.6. The quantitative estimate of drug-likeness (QED) is 0.0792. The molecule has 0 unspecified atom stereocenters. The number of nitrogens with one attached hydrogen (secondary N) is 1. The van der Waals surface area contributed by atoms with E-state index in [1.165, 1.54) is 89.9 Å². The zero-order valence-electron chi connectivity index (χ0n) is 28.6. The van der Waals surface area contributed by atoms with E-state index in [9.17, 15) is 0 Å². The lowest BCUT2D eigenvalue weighted by Crippen LogP contribution is -2.43. The average molecular weight is 626 g/mol. The third kappa shape index (κ3) is 10.5. The number of fused-ring (bicyclic) bond motifs is 3. The molecule has 0 atom stereocenters. The molecule has 4 nitrogen and oxygen atoms in total.